The van der Waals surface area contributed by atoms with Gasteiger partial charge in [-0.05, 0) is 25.1 Å². The molecule has 0 aromatic heterocycles. The van der Waals surface area contributed by atoms with E-state index in [9.17, 15) is 21.6 Å². The fourth-order valence-corrected chi connectivity index (χ4v) is 2.61. The summed E-state index contributed by atoms with van der Waals surface area (Å²) in [6.07, 6.45) is -4.72. The molecule has 0 saturated carbocycles. The molecule has 1 atom stereocenters. The van der Waals surface area contributed by atoms with Gasteiger partial charge in [0.05, 0.1) is 15.5 Å². The number of benzene rings is 1. The van der Waals surface area contributed by atoms with Gasteiger partial charge in [0.2, 0.25) is 10.0 Å². The molecule has 108 valence electrons. The monoisotopic (exact) mass is 316 g/mol. The molecule has 19 heavy (non-hydrogen) atoms. The number of nitrogens with two attached hydrogens (primary N) is 1. The van der Waals surface area contributed by atoms with E-state index in [0.717, 1.165) is 12.1 Å². The third kappa shape index (κ3) is 4.34. The Morgan fingerprint density at radius 1 is 1.42 bits per heavy atom. The highest BCUT2D eigenvalue weighted by Gasteiger charge is 2.34. The van der Waals surface area contributed by atoms with Crippen LogP contribution in [-0.4, -0.2) is 21.0 Å². The van der Waals surface area contributed by atoms with Crippen molar-refractivity contribution in [3.8, 4) is 0 Å². The summed E-state index contributed by atoms with van der Waals surface area (Å²) in [6.45, 7) is 1.48. The van der Waals surface area contributed by atoms with Crippen LogP contribution in [0.5, 0.6) is 0 Å². The van der Waals surface area contributed by atoms with Crippen LogP contribution < -0.4 is 10.5 Å². The Balaban J connectivity index is 3.16. The van der Waals surface area contributed by atoms with Crippen molar-refractivity contribution in [1.82, 2.24) is 4.72 Å². The second-order valence-electron chi connectivity index (χ2n) is 3.97. The number of sulfonamides is 1. The molecule has 0 spiro atoms. The Labute approximate surface area is 113 Å². The van der Waals surface area contributed by atoms with E-state index in [0.29, 0.717) is 6.07 Å². The minimum absolute atomic E-state index is 0.0771. The van der Waals surface area contributed by atoms with Gasteiger partial charge in [-0.15, -0.1) is 0 Å². The van der Waals surface area contributed by atoms with E-state index in [1.807, 2.05) is 0 Å². The quantitative estimate of drug-likeness (QED) is 0.892. The summed E-state index contributed by atoms with van der Waals surface area (Å²) in [6, 6.07) is 1.93. The van der Waals surface area contributed by atoms with Gasteiger partial charge < -0.3 is 5.73 Å². The molecule has 0 saturated heterocycles. The van der Waals surface area contributed by atoms with Crippen LogP contribution in [0.15, 0.2) is 23.1 Å². The Morgan fingerprint density at radius 2 is 2.00 bits per heavy atom. The van der Waals surface area contributed by atoms with Crippen LogP contribution in [0.3, 0.4) is 0 Å². The van der Waals surface area contributed by atoms with Crippen LogP contribution in [0, 0.1) is 0 Å². The molecule has 1 rings (SSSR count). The minimum atomic E-state index is -4.72. The summed E-state index contributed by atoms with van der Waals surface area (Å²) in [7, 11) is -4.04. The Bertz CT molecular complexity index is 558. The van der Waals surface area contributed by atoms with Crippen molar-refractivity contribution in [2.45, 2.75) is 24.0 Å². The van der Waals surface area contributed by atoms with E-state index in [4.69, 9.17) is 17.3 Å². The molecule has 1 aromatic carbocycles. The van der Waals surface area contributed by atoms with E-state index < -0.39 is 37.7 Å². The molecule has 9 heteroatoms. The second kappa shape index (κ2) is 5.66. The first kappa shape index (κ1) is 16.2. The van der Waals surface area contributed by atoms with Gasteiger partial charge in [-0.2, -0.15) is 13.2 Å². The summed E-state index contributed by atoms with van der Waals surface area (Å²) in [5, 5.41) is -0.557. The highest BCUT2D eigenvalue weighted by molar-refractivity contribution is 7.89. The van der Waals surface area contributed by atoms with E-state index >= 15 is 0 Å². The topological polar surface area (TPSA) is 72.2 Å². The van der Waals surface area contributed by atoms with Gasteiger partial charge in [-0.25, -0.2) is 13.1 Å². The first-order chi connectivity index (χ1) is 8.54. The van der Waals surface area contributed by atoms with Crippen molar-refractivity contribution in [3.63, 3.8) is 0 Å². The van der Waals surface area contributed by atoms with Crippen molar-refractivity contribution in [2.75, 3.05) is 6.54 Å². The van der Waals surface area contributed by atoms with Crippen LogP contribution in [0.4, 0.5) is 13.2 Å². The molecule has 0 aliphatic heterocycles. The number of alkyl halides is 3. The Kier molecular flexibility index (Phi) is 4.83. The lowest BCUT2D eigenvalue weighted by Crippen LogP contribution is -2.35. The standard InChI is InChI=1S/C10H12ClF3N2O2S/c1-6(15)5-16-19(17,18)7-2-3-9(11)8(4-7)10(12,13)14/h2-4,6,16H,5,15H2,1H3. The molecule has 0 radical (unpaired) electrons. The Morgan fingerprint density at radius 3 is 2.47 bits per heavy atom. The van der Waals surface area contributed by atoms with E-state index in [1.54, 1.807) is 6.92 Å². The lowest BCUT2D eigenvalue weighted by Gasteiger charge is -2.12. The van der Waals surface area contributed by atoms with E-state index in [2.05, 4.69) is 4.72 Å². The maximum absolute atomic E-state index is 12.6. The fraction of sp³-hybridized carbons (Fsp3) is 0.400. The molecule has 3 N–H and O–H groups in total. The molecule has 1 unspecified atom stereocenters. The summed E-state index contributed by atoms with van der Waals surface area (Å²) in [5.74, 6) is 0. The van der Waals surface area contributed by atoms with Gasteiger partial charge >= 0.3 is 6.18 Å². The highest BCUT2D eigenvalue weighted by atomic mass is 35.5. The van der Waals surface area contributed by atoms with Crippen LogP contribution in [0.25, 0.3) is 0 Å². The molecule has 0 amide bonds. The van der Waals surface area contributed by atoms with Crippen molar-refractivity contribution >= 4 is 21.6 Å². The smallest absolute Gasteiger partial charge is 0.327 e. The summed E-state index contributed by atoms with van der Waals surface area (Å²) in [5.41, 5.74) is 4.18. The zero-order chi connectivity index (χ0) is 14.8. The second-order valence-corrected chi connectivity index (χ2v) is 6.14. The largest absolute Gasteiger partial charge is 0.417 e. The van der Waals surface area contributed by atoms with Gasteiger partial charge in [0.15, 0.2) is 0 Å². The molecule has 4 nitrogen and oxygen atoms in total. The van der Waals surface area contributed by atoms with Crippen LogP contribution in [0.2, 0.25) is 5.02 Å². The average molecular weight is 317 g/mol. The molecule has 0 aliphatic carbocycles. The van der Waals surface area contributed by atoms with Gasteiger partial charge in [-0.3, -0.25) is 0 Å². The molecule has 0 fully saturated rings. The first-order valence-electron chi connectivity index (χ1n) is 5.16. The SMILES string of the molecule is CC(N)CNS(=O)(=O)c1ccc(Cl)c(C(F)(F)F)c1. The number of nitrogens with one attached hydrogen (secondary N) is 1. The molecular weight excluding hydrogens is 305 g/mol. The van der Waals surface area contributed by atoms with Crippen LogP contribution in [0.1, 0.15) is 12.5 Å². The van der Waals surface area contributed by atoms with Crippen molar-refractivity contribution in [1.29, 1.82) is 0 Å². The zero-order valence-electron chi connectivity index (χ0n) is 9.83. The maximum atomic E-state index is 12.6. The summed E-state index contributed by atoms with van der Waals surface area (Å²) < 4.78 is 63.4. The van der Waals surface area contributed by atoms with Crippen molar-refractivity contribution < 1.29 is 21.6 Å². The number of hydrogen-bond acceptors (Lipinski definition) is 3. The van der Waals surface area contributed by atoms with Gasteiger partial charge in [0.1, 0.15) is 0 Å². The molecule has 0 bridgehead atoms. The third-order valence-corrected chi connectivity index (χ3v) is 3.90. The third-order valence-electron chi connectivity index (χ3n) is 2.15. The average Bonchev–Trinajstić information content (AvgIpc) is 2.25. The van der Waals surface area contributed by atoms with Crippen molar-refractivity contribution in [3.05, 3.63) is 28.8 Å². The summed E-state index contributed by atoms with van der Waals surface area (Å²) >= 11 is 5.40. The lowest BCUT2D eigenvalue weighted by molar-refractivity contribution is -0.137. The Hall–Kier alpha value is -0.830. The van der Waals surface area contributed by atoms with Gasteiger partial charge in [0.25, 0.3) is 0 Å². The predicted octanol–water partition coefficient (Wildman–Crippen LogP) is 1.98. The van der Waals surface area contributed by atoms with E-state index in [1.165, 1.54) is 0 Å². The molecular formula is C10H12ClF3N2O2S. The maximum Gasteiger partial charge on any atom is 0.417 e. The van der Waals surface area contributed by atoms with Crippen molar-refractivity contribution in [2.24, 2.45) is 5.73 Å². The number of rotatable bonds is 4. The number of hydrogen-bond donors (Lipinski definition) is 2. The normalized spacial score (nSPS) is 14.4. The number of halogens is 4. The highest BCUT2D eigenvalue weighted by Crippen LogP contribution is 2.35. The van der Waals surface area contributed by atoms with Gasteiger partial charge in [0, 0.05) is 12.6 Å². The molecule has 1 aromatic rings. The fourth-order valence-electron chi connectivity index (χ4n) is 1.21. The van der Waals surface area contributed by atoms with Crippen LogP contribution in [-0.2, 0) is 16.2 Å². The molecule has 0 heterocycles. The van der Waals surface area contributed by atoms with E-state index in [-0.39, 0.29) is 6.54 Å². The molecule has 0 aliphatic rings. The summed E-state index contributed by atoms with van der Waals surface area (Å²) in [4.78, 5) is -0.509. The zero-order valence-corrected chi connectivity index (χ0v) is 11.4. The van der Waals surface area contributed by atoms with Crippen LogP contribution >= 0.6 is 11.6 Å². The van der Waals surface area contributed by atoms with Gasteiger partial charge in [-0.1, -0.05) is 11.6 Å². The predicted molar refractivity (Wildman–Crippen MR) is 65.3 cm³/mol. The first-order valence-corrected chi connectivity index (χ1v) is 7.02. The lowest BCUT2D eigenvalue weighted by atomic mass is 10.2. The minimum Gasteiger partial charge on any atom is -0.327 e.